The maximum atomic E-state index is 12.9. The van der Waals surface area contributed by atoms with E-state index in [-0.39, 0.29) is 29.8 Å². The summed E-state index contributed by atoms with van der Waals surface area (Å²) in [5.41, 5.74) is 8.12. The van der Waals surface area contributed by atoms with Crippen LogP contribution in [0.15, 0.2) is 48.8 Å². The summed E-state index contributed by atoms with van der Waals surface area (Å²) in [4.78, 5) is 31.5. The van der Waals surface area contributed by atoms with Gasteiger partial charge in [0.15, 0.2) is 0 Å². The summed E-state index contributed by atoms with van der Waals surface area (Å²) in [6, 6.07) is 11.1. The topological polar surface area (TPSA) is 95.6 Å². The van der Waals surface area contributed by atoms with Crippen molar-refractivity contribution < 1.29 is 14.3 Å². The van der Waals surface area contributed by atoms with E-state index in [0.717, 1.165) is 5.56 Å². The van der Waals surface area contributed by atoms with E-state index in [0.29, 0.717) is 43.8 Å². The molecule has 1 aromatic carbocycles. The molecule has 8 heteroatoms. The Kier molecular flexibility index (Phi) is 6.25. The summed E-state index contributed by atoms with van der Waals surface area (Å²) in [7, 11) is 1.58. The molecule has 30 heavy (non-hydrogen) atoms. The van der Waals surface area contributed by atoms with E-state index >= 15 is 0 Å². The van der Waals surface area contributed by atoms with Crippen molar-refractivity contribution >= 4 is 17.5 Å². The van der Waals surface area contributed by atoms with Crippen LogP contribution in [0, 0.1) is 5.92 Å². The van der Waals surface area contributed by atoms with Crippen molar-refractivity contribution in [1.29, 1.82) is 0 Å². The summed E-state index contributed by atoms with van der Waals surface area (Å²) >= 11 is 0. The summed E-state index contributed by atoms with van der Waals surface area (Å²) in [6.07, 6.45) is 5.51. The molecule has 4 rings (SSSR count). The van der Waals surface area contributed by atoms with Crippen LogP contribution in [0.1, 0.15) is 30.9 Å². The van der Waals surface area contributed by atoms with Crippen molar-refractivity contribution in [3.63, 3.8) is 0 Å². The van der Waals surface area contributed by atoms with Crippen LogP contribution in [0.3, 0.4) is 0 Å². The maximum Gasteiger partial charge on any atom is 0.241 e. The van der Waals surface area contributed by atoms with Gasteiger partial charge in [-0.1, -0.05) is 12.1 Å². The summed E-state index contributed by atoms with van der Waals surface area (Å²) in [5, 5.41) is 2.96. The first-order chi connectivity index (χ1) is 14.7. The molecule has 8 nitrogen and oxygen atoms in total. The predicted octanol–water partition coefficient (Wildman–Crippen LogP) is 1.88. The normalized spacial score (nSPS) is 22.0. The number of hydrazine groups is 1. The minimum absolute atomic E-state index is 0.0231. The van der Waals surface area contributed by atoms with Gasteiger partial charge in [-0.15, -0.1) is 0 Å². The number of benzene rings is 1. The monoisotopic (exact) mass is 409 g/mol. The van der Waals surface area contributed by atoms with E-state index in [1.54, 1.807) is 19.5 Å². The smallest absolute Gasteiger partial charge is 0.241 e. The zero-order valence-corrected chi connectivity index (χ0v) is 17.0. The third kappa shape index (κ3) is 4.44. The number of nitrogens with zero attached hydrogens (tertiary/aromatic N) is 2. The Morgan fingerprint density at radius 2 is 1.83 bits per heavy atom. The lowest BCUT2D eigenvalue weighted by Gasteiger charge is -2.33. The fraction of sp³-hybridized carbons (Fsp3) is 0.409. The SMILES string of the molecule is COc1ccccc1NC(=O)C1CCN(C(=O)C2CC(c3ccncc3)NN2)CC1. The van der Waals surface area contributed by atoms with Gasteiger partial charge in [-0.25, -0.2) is 10.9 Å². The Bertz CT molecular complexity index is 883. The molecule has 2 unspecified atom stereocenters. The lowest BCUT2D eigenvalue weighted by Crippen LogP contribution is -2.49. The Morgan fingerprint density at radius 1 is 1.10 bits per heavy atom. The van der Waals surface area contributed by atoms with E-state index < -0.39 is 0 Å². The van der Waals surface area contributed by atoms with Crippen LogP contribution in [0.25, 0.3) is 0 Å². The van der Waals surface area contributed by atoms with Gasteiger partial charge in [0.05, 0.1) is 12.8 Å². The highest BCUT2D eigenvalue weighted by Gasteiger charge is 2.35. The van der Waals surface area contributed by atoms with Crippen LogP contribution in [0.4, 0.5) is 5.69 Å². The van der Waals surface area contributed by atoms with Crippen molar-refractivity contribution in [2.75, 3.05) is 25.5 Å². The van der Waals surface area contributed by atoms with Gasteiger partial charge in [-0.2, -0.15) is 0 Å². The van der Waals surface area contributed by atoms with Gasteiger partial charge < -0.3 is 15.0 Å². The van der Waals surface area contributed by atoms with Gasteiger partial charge in [0.25, 0.3) is 0 Å². The molecule has 2 amide bonds. The molecule has 0 bridgehead atoms. The molecule has 2 saturated heterocycles. The molecule has 2 aliphatic rings. The molecule has 0 spiro atoms. The van der Waals surface area contributed by atoms with E-state index in [1.807, 2.05) is 41.3 Å². The van der Waals surface area contributed by atoms with Crippen LogP contribution in [-0.2, 0) is 9.59 Å². The van der Waals surface area contributed by atoms with Gasteiger partial charge in [-0.05, 0) is 49.1 Å². The minimum atomic E-state index is -0.262. The molecule has 0 saturated carbocycles. The first-order valence-electron chi connectivity index (χ1n) is 10.3. The number of piperidine rings is 1. The molecule has 0 radical (unpaired) electrons. The van der Waals surface area contributed by atoms with Gasteiger partial charge in [-0.3, -0.25) is 14.6 Å². The van der Waals surface area contributed by atoms with E-state index in [1.165, 1.54) is 0 Å². The van der Waals surface area contributed by atoms with Gasteiger partial charge in [0.1, 0.15) is 11.8 Å². The zero-order valence-electron chi connectivity index (χ0n) is 17.0. The molecule has 2 aliphatic heterocycles. The summed E-state index contributed by atoms with van der Waals surface area (Å²) in [6.45, 7) is 1.17. The second-order valence-electron chi connectivity index (χ2n) is 7.70. The van der Waals surface area contributed by atoms with Crippen LogP contribution >= 0.6 is 0 Å². The van der Waals surface area contributed by atoms with Crippen molar-refractivity contribution in [3.8, 4) is 5.75 Å². The molecule has 2 fully saturated rings. The molecular weight excluding hydrogens is 382 g/mol. The number of aromatic nitrogens is 1. The molecule has 1 aromatic heterocycles. The minimum Gasteiger partial charge on any atom is -0.495 e. The van der Waals surface area contributed by atoms with E-state index in [9.17, 15) is 9.59 Å². The zero-order chi connectivity index (χ0) is 20.9. The number of para-hydroxylation sites is 2. The van der Waals surface area contributed by atoms with Crippen LogP contribution in [0.2, 0.25) is 0 Å². The van der Waals surface area contributed by atoms with Gasteiger partial charge >= 0.3 is 0 Å². The van der Waals surface area contributed by atoms with Crippen molar-refractivity contribution in [2.24, 2.45) is 5.92 Å². The number of pyridine rings is 1. The number of ether oxygens (including phenoxy) is 1. The largest absolute Gasteiger partial charge is 0.495 e. The molecule has 158 valence electrons. The number of rotatable bonds is 5. The highest BCUT2D eigenvalue weighted by atomic mass is 16.5. The summed E-state index contributed by atoms with van der Waals surface area (Å²) < 4.78 is 5.30. The number of hydrogen-bond acceptors (Lipinski definition) is 6. The lowest BCUT2D eigenvalue weighted by molar-refractivity contribution is -0.136. The van der Waals surface area contributed by atoms with Crippen molar-refractivity contribution in [2.45, 2.75) is 31.3 Å². The lowest BCUT2D eigenvalue weighted by atomic mass is 9.94. The highest BCUT2D eigenvalue weighted by Crippen LogP contribution is 2.27. The Balaban J connectivity index is 1.28. The maximum absolute atomic E-state index is 12.9. The fourth-order valence-corrected chi connectivity index (χ4v) is 4.10. The number of methoxy groups -OCH3 is 1. The third-order valence-corrected chi connectivity index (χ3v) is 5.85. The number of carbonyl (C=O) groups is 2. The second-order valence-corrected chi connectivity index (χ2v) is 7.70. The van der Waals surface area contributed by atoms with Gasteiger partial charge in [0.2, 0.25) is 11.8 Å². The Hall–Kier alpha value is -2.97. The standard InChI is InChI=1S/C22H27N5O3/c1-30-20-5-3-2-4-17(20)24-21(28)16-8-12-27(13-9-16)22(29)19-14-18(25-26-19)15-6-10-23-11-7-15/h2-7,10-11,16,18-19,25-26H,8-9,12-14H2,1H3,(H,24,28). The first kappa shape index (κ1) is 20.3. The van der Waals surface area contributed by atoms with Crippen LogP contribution < -0.4 is 20.9 Å². The molecular formula is C22H27N5O3. The van der Waals surface area contributed by atoms with Crippen LogP contribution in [-0.4, -0.2) is 47.9 Å². The fourth-order valence-electron chi connectivity index (χ4n) is 4.10. The predicted molar refractivity (Wildman–Crippen MR) is 113 cm³/mol. The Labute approximate surface area is 176 Å². The quantitative estimate of drug-likeness (QED) is 0.698. The molecule has 3 heterocycles. The van der Waals surface area contributed by atoms with Crippen molar-refractivity contribution in [1.82, 2.24) is 20.7 Å². The molecule has 0 aliphatic carbocycles. The Morgan fingerprint density at radius 3 is 2.57 bits per heavy atom. The van der Waals surface area contributed by atoms with Gasteiger partial charge in [0, 0.05) is 37.4 Å². The summed E-state index contributed by atoms with van der Waals surface area (Å²) in [5.74, 6) is 0.591. The molecule has 2 aromatic rings. The first-order valence-corrected chi connectivity index (χ1v) is 10.3. The number of carbonyl (C=O) groups excluding carboxylic acids is 2. The van der Waals surface area contributed by atoms with Crippen molar-refractivity contribution in [3.05, 3.63) is 54.4 Å². The van der Waals surface area contributed by atoms with E-state index in [2.05, 4.69) is 21.2 Å². The average molecular weight is 409 g/mol. The van der Waals surface area contributed by atoms with Crippen LogP contribution in [0.5, 0.6) is 5.75 Å². The number of hydrogen-bond donors (Lipinski definition) is 3. The molecule has 3 N–H and O–H groups in total. The number of likely N-dealkylation sites (tertiary alicyclic amines) is 1. The molecule has 2 atom stereocenters. The number of amides is 2. The van der Waals surface area contributed by atoms with E-state index in [4.69, 9.17) is 4.74 Å². The third-order valence-electron chi connectivity index (χ3n) is 5.85. The number of anilines is 1. The number of nitrogens with one attached hydrogen (secondary N) is 3. The highest BCUT2D eigenvalue weighted by molar-refractivity contribution is 5.94. The average Bonchev–Trinajstić information content (AvgIpc) is 3.30. The second kappa shape index (κ2) is 9.23.